The zero-order valence-electron chi connectivity index (χ0n) is 21.1. The normalized spacial score (nSPS) is 17.3. The molecule has 38 heavy (non-hydrogen) atoms. The van der Waals surface area contributed by atoms with Crippen molar-refractivity contribution in [3.63, 3.8) is 0 Å². The van der Waals surface area contributed by atoms with Crippen LogP contribution < -0.4 is 14.8 Å². The highest BCUT2D eigenvalue weighted by atomic mass is 19.1. The van der Waals surface area contributed by atoms with E-state index in [9.17, 15) is 9.18 Å². The molecule has 1 amide bonds. The molecule has 0 unspecified atom stereocenters. The highest BCUT2D eigenvalue weighted by Gasteiger charge is 2.30. The number of ether oxygens (including phenoxy) is 2. The number of halogens is 1. The van der Waals surface area contributed by atoms with E-state index in [1.807, 2.05) is 29.2 Å². The molecule has 1 fully saturated rings. The van der Waals surface area contributed by atoms with Gasteiger partial charge in [0, 0.05) is 41.9 Å². The zero-order valence-corrected chi connectivity index (χ0v) is 21.1. The van der Waals surface area contributed by atoms with Crippen LogP contribution >= 0.6 is 0 Å². The molecule has 4 heterocycles. The van der Waals surface area contributed by atoms with Gasteiger partial charge < -0.3 is 19.7 Å². The lowest BCUT2D eigenvalue weighted by atomic mass is 9.99. The van der Waals surface area contributed by atoms with Gasteiger partial charge >= 0.3 is 0 Å². The van der Waals surface area contributed by atoms with E-state index in [0.717, 1.165) is 42.8 Å². The molecule has 2 aromatic carbocycles. The van der Waals surface area contributed by atoms with E-state index in [0.29, 0.717) is 41.1 Å². The fourth-order valence-corrected chi connectivity index (χ4v) is 5.30. The number of imidazole rings is 1. The van der Waals surface area contributed by atoms with Crippen LogP contribution in [0.2, 0.25) is 0 Å². The van der Waals surface area contributed by atoms with Gasteiger partial charge in [0.15, 0.2) is 5.65 Å². The molecule has 2 aromatic heterocycles. The lowest BCUT2D eigenvalue weighted by molar-refractivity contribution is -0.127. The first-order valence-electron chi connectivity index (χ1n) is 12.7. The maximum absolute atomic E-state index is 14.2. The SMILES string of the molecule is C=CC(=O)N1CCC(N[C@H]2COc3cc(-c4nc5ccc(OC)nn5c4-c4cccc(F)c4)ccc32)CC1. The maximum Gasteiger partial charge on any atom is 0.245 e. The number of carbonyl (C=O) groups is 1. The van der Waals surface area contributed by atoms with Crippen LogP contribution in [0, 0.1) is 5.82 Å². The second-order valence-corrected chi connectivity index (χ2v) is 9.55. The molecule has 1 saturated heterocycles. The summed E-state index contributed by atoms with van der Waals surface area (Å²) in [4.78, 5) is 18.6. The molecule has 1 N–H and O–H groups in total. The van der Waals surface area contributed by atoms with Crippen molar-refractivity contribution in [2.45, 2.75) is 24.9 Å². The molecule has 1 atom stereocenters. The zero-order chi connectivity index (χ0) is 26.2. The van der Waals surface area contributed by atoms with Crippen molar-refractivity contribution in [3.05, 3.63) is 78.6 Å². The van der Waals surface area contributed by atoms with E-state index >= 15 is 0 Å². The average Bonchev–Trinajstić information content (AvgIpc) is 3.53. The summed E-state index contributed by atoms with van der Waals surface area (Å²) in [6.07, 6.45) is 3.15. The summed E-state index contributed by atoms with van der Waals surface area (Å²) in [6.45, 7) is 5.56. The minimum atomic E-state index is -0.336. The van der Waals surface area contributed by atoms with Crippen LogP contribution in [0.25, 0.3) is 28.2 Å². The van der Waals surface area contributed by atoms with Gasteiger partial charge in [-0.05, 0) is 43.2 Å². The number of likely N-dealkylation sites (tertiary alicyclic amines) is 1. The Morgan fingerprint density at radius 3 is 2.76 bits per heavy atom. The van der Waals surface area contributed by atoms with E-state index in [4.69, 9.17) is 14.5 Å². The topological polar surface area (TPSA) is 81.0 Å². The van der Waals surface area contributed by atoms with Crippen LogP contribution in [0.1, 0.15) is 24.4 Å². The number of nitrogens with one attached hydrogen (secondary N) is 1. The monoisotopic (exact) mass is 513 g/mol. The Labute approximate surface area is 219 Å². The number of amides is 1. The van der Waals surface area contributed by atoms with E-state index in [1.54, 1.807) is 23.8 Å². The molecule has 0 radical (unpaired) electrons. The number of aromatic nitrogens is 3. The van der Waals surface area contributed by atoms with E-state index in [-0.39, 0.29) is 17.8 Å². The Morgan fingerprint density at radius 1 is 1.16 bits per heavy atom. The number of nitrogens with zero attached hydrogens (tertiary/aromatic N) is 4. The molecule has 8 nitrogen and oxygen atoms in total. The lowest BCUT2D eigenvalue weighted by Gasteiger charge is -2.33. The van der Waals surface area contributed by atoms with Crippen molar-refractivity contribution in [1.82, 2.24) is 24.8 Å². The molecule has 9 heteroatoms. The summed E-state index contributed by atoms with van der Waals surface area (Å²) in [5, 5.41) is 8.27. The van der Waals surface area contributed by atoms with E-state index < -0.39 is 0 Å². The van der Waals surface area contributed by atoms with Gasteiger partial charge in [0.05, 0.1) is 18.8 Å². The lowest BCUT2D eigenvalue weighted by Crippen LogP contribution is -2.45. The predicted molar refractivity (Wildman–Crippen MR) is 142 cm³/mol. The van der Waals surface area contributed by atoms with Crippen molar-refractivity contribution in [2.75, 3.05) is 26.8 Å². The highest BCUT2D eigenvalue weighted by Crippen LogP contribution is 2.39. The first-order chi connectivity index (χ1) is 18.5. The molecule has 6 rings (SSSR count). The Kier molecular flexibility index (Phi) is 6.29. The average molecular weight is 514 g/mol. The van der Waals surface area contributed by atoms with Gasteiger partial charge in [-0.1, -0.05) is 30.8 Å². The standard InChI is InChI=1S/C29H28FN5O3/c1-3-27(36)34-13-11-21(12-14-34)31-23-17-38-24-16-18(7-8-22(23)24)28-29(19-5-4-6-20(30)15-19)35-25(32-28)9-10-26(33-35)37-2/h3-10,15-16,21,23,31H,1,11-14,17H2,2H3/t23-/m0/s1. The van der Waals surface area contributed by atoms with Gasteiger partial charge in [0.2, 0.25) is 11.8 Å². The number of hydrogen-bond acceptors (Lipinski definition) is 6. The van der Waals surface area contributed by atoms with E-state index in [2.05, 4.69) is 23.1 Å². The van der Waals surface area contributed by atoms with Gasteiger partial charge in [0.25, 0.3) is 0 Å². The number of hydrogen-bond donors (Lipinski definition) is 1. The Balaban J connectivity index is 1.30. The number of benzene rings is 2. The van der Waals surface area contributed by atoms with Crippen molar-refractivity contribution >= 4 is 11.6 Å². The summed E-state index contributed by atoms with van der Waals surface area (Å²) in [6, 6.07) is 16.4. The minimum absolute atomic E-state index is 0.0104. The van der Waals surface area contributed by atoms with Crippen LogP contribution in [0.4, 0.5) is 4.39 Å². The van der Waals surface area contributed by atoms with Crippen molar-refractivity contribution < 1.29 is 18.7 Å². The second-order valence-electron chi connectivity index (χ2n) is 9.55. The molecule has 194 valence electrons. The summed E-state index contributed by atoms with van der Waals surface area (Å²) >= 11 is 0. The third-order valence-electron chi connectivity index (χ3n) is 7.25. The fraction of sp³-hybridized carbons (Fsp3) is 0.276. The number of methoxy groups -OCH3 is 1. The van der Waals surface area contributed by atoms with Crippen LogP contribution in [0.5, 0.6) is 11.6 Å². The van der Waals surface area contributed by atoms with Crippen molar-refractivity contribution in [2.24, 2.45) is 0 Å². The summed E-state index contributed by atoms with van der Waals surface area (Å²) in [5.74, 6) is 0.887. The van der Waals surface area contributed by atoms with Gasteiger partial charge in [-0.15, -0.1) is 5.10 Å². The summed E-state index contributed by atoms with van der Waals surface area (Å²) in [7, 11) is 1.56. The Hall–Kier alpha value is -4.24. The third-order valence-corrected chi connectivity index (χ3v) is 7.25. The van der Waals surface area contributed by atoms with Gasteiger partial charge in [-0.3, -0.25) is 4.79 Å². The molecular weight excluding hydrogens is 485 g/mol. The second kappa shape index (κ2) is 9.90. The smallest absolute Gasteiger partial charge is 0.245 e. The van der Waals surface area contributed by atoms with E-state index in [1.165, 1.54) is 18.2 Å². The molecule has 0 saturated carbocycles. The number of rotatable bonds is 6. The molecular formula is C29H28FN5O3. The molecule has 0 spiro atoms. The number of carbonyl (C=O) groups excluding carboxylic acids is 1. The van der Waals surface area contributed by atoms with Gasteiger partial charge in [-0.25, -0.2) is 13.9 Å². The molecule has 0 aliphatic carbocycles. The van der Waals surface area contributed by atoms with Crippen LogP contribution in [0.15, 0.2) is 67.3 Å². The van der Waals surface area contributed by atoms with Crippen LogP contribution in [-0.4, -0.2) is 58.3 Å². The largest absolute Gasteiger partial charge is 0.491 e. The molecule has 2 aliphatic rings. The minimum Gasteiger partial charge on any atom is -0.491 e. The van der Waals surface area contributed by atoms with Crippen molar-refractivity contribution in [1.29, 1.82) is 0 Å². The Morgan fingerprint density at radius 2 is 2.00 bits per heavy atom. The summed E-state index contributed by atoms with van der Waals surface area (Å²) < 4.78 is 27.3. The molecule has 0 bridgehead atoms. The maximum atomic E-state index is 14.2. The Bertz CT molecular complexity index is 1530. The van der Waals surface area contributed by atoms with Crippen LogP contribution in [-0.2, 0) is 4.79 Å². The third kappa shape index (κ3) is 4.39. The van der Waals surface area contributed by atoms with Gasteiger partial charge in [0.1, 0.15) is 23.9 Å². The first-order valence-corrected chi connectivity index (χ1v) is 12.7. The van der Waals surface area contributed by atoms with Crippen molar-refractivity contribution in [3.8, 4) is 34.1 Å². The van der Waals surface area contributed by atoms with Gasteiger partial charge in [-0.2, -0.15) is 0 Å². The molecule has 2 aliphatic heterocycles. The summed E-state index contributed by atoms with van der Waals surface area (Å²) in [5.41, 5.74) is 4.58. The quantitative estimate of drug-likeness (QED) is 0.385. The highest BCUT2D eigenvalue weighted by molar-refractivity contribution is 5.87. The number of piperidine rings is 1. The molecule has 4 aromatic rings. The first kappa shape index (κ1) is 24.1. The predicted octanol–water partition coefficient (Wildman–Crippen LogP) is 4.41. The fourth-order valence-electron chi connectivity index (χ4n) is 5.30. The number of fused-ring (bicyclic) bond motifs is 2. The van der Waals surface area contributed by atoms with Crippen LogP contribution in [0.3, 0.4) is 0 Å².